The molecule has 0 unspecified atom stereocenters. The van der Waals surface area contributed by atoms with Crippen molar-refractivity contribution in [2.75, 3.05) is 13.2 Å². The van der Waals surface area contributed by atoms with E-state index in [1.807, 2.05) is 0 Å². The molecule has 11 heavy (non-hydrogen) atoms. The minimum Gasteiger partial charge on any atom is -0.463 e. The SMILES string of the molecule is C[C@]12CCO[C@H]1COC(N)=N2. The monoisotopic (exact) mass is 156 g/mol. The molecule has 1 saturated heterocycles. The Morgan fingerprint density at radius 2 is 2.55 bits per heavy atom. The molecule has 2 N–H and O–H groups in total. The van der Waals surface area contributed by atoms with E-state index in [0.717, 1.165) is 13.0 Å². The molecule has 2 heterocycles. The Hall–Kier alpha value is -0.770. The van der Waals surface area contributed by atoms with Crippen molar-refractivity contribution < 1.29 is 9.47 Å². The van der Waals surface area contributed by atoms with Gasteiger partial charge in [-0.25, -0.2) is 4.99 Å². The van der Waals surface area contributed by atoms with Gasteiger partial charge in [-0.1, -0.05) is 0 Å². The second-order valence-electron chi connectivity index (χ2n) is 3.23. The van der Waals surface area contributed by atoms with Crippen molar-refractivity contribution >= 4 is 6.02 Å². The van der Waals surface area contributed by atoms with Crippen molar-refractivity contribution in [1.29, 1.82) is 0 Å². The predicted molar refractivity (Wildman–Crippen MR) is 40.3 cm³/mol. The number of ether oxygens (including phenoxy) is 2. The zero-order chi connectivity index (χ0) is 7.90. The fourth-order valence-corrected chi connectivity index (χ4v) is 1.55. The van der Waals surface area contributed by atoms with Crippen LogP contribution >= 0.6 is 0 Å². The predicted octanol–water partition coefficient (Wildman–Crippen LogP) is -0.121. The smallest absolute Gasteiger partial charge is 0.282 e. The molecule has 2 aliphatic heterocycles. The quantitative estimate of drug-likeness (QED) is 0.532. The molecule has 0 radical (unpaired) electrons. The first kappa shape index (κ1) is 6.91. The van der Waals surface area contributed by atoms with Crippen molar-refractivity contribution in [3.05, 3.63) is 0 Å². The van der Waals surface area contributed by atoms with Crippen LogP contribution in [0.5, 0.6) is 0 Å². The average molecular weight is 156 g/mol. The fourth-order valence-electron chi connectivity index (χ4n) is 1.55. The molecule has 1 fully saturated rings. The van der Waals surface area contributed by atoms with Crippen molar-refractivity contribution in [3.63, 3.8) is 0 Å². The van der Waals surface area contributed by atoms with Gasteiger partial charge in [0.1, 0.15) is 12.7 Å². The Balaban J connectivity index is 2.27. The third kappa shape index (κ3) is 0.976. The number of hydrogen-bond acceptors (Lipinski definition) is 4. The lowest BCUT2D eigenvalue weighted by Crippen LogP contribution is -2.44. The first-order valence-corrected chi connectivity index (χ1v) is 3.80. The van der Waals surface area contributed by atoms with Crippen LogP contribution < -0.4 is 5.73 Å². The summed E-state index contributed by atoms with van der Waals surface area (Å²) in [5.74, 6) is 0. The number of fused-ring (bicyclic) bond motifs is 1. The van der Waals surface area contributed by atoms with Gasteiger partial charge in [0.2, 0.25) is 0 Å². The van der Waals surface area contributed by atoms with Crippen LogP contribution in [0.3, 0.4) is 0 Å². The van der Waals surface area contributed by atoms with Gasteiger partial charge < -0.3 is 15.2 Å². The summed E-state index contributed by atoms with van der Waals surface area (Å²) >= 11 is 0. The second-order valence-corrected chi connectivity index (χ2v) is 3.23. The molecule has 4 nitrogen and oxygen atoms in total. The molecule has 0 saturated carbocycles. The average Bonchev–Trinajstić information content (AvgIpc) is 2.28. The minimum absolute atomic E-state index is 0.106. The summed E-state index contributed by atoms with van der Waals surface area (Å²) < 4.78 is 10.5. The third-order valence-electron chi connectivity index (χ3n) is 2.37. The molecule has 62 valence electrons. The summed E-state index contributed by atoms with van der Waals surface area (Å²) in [6, 6.07) is 0.300. The maximum absolute atomic E-state index is 5.45. The zero-order valence-electron chi connectivity index (χ0n) is 6.54. The molecule has 0 bridgehead atoms. The maximum Gasteiger partial charge on any atom is 0.282 e. The highest BCUT2D eigenvalue weighted by molar-refractivity contribution is 5.72. The van der Waals surface area contributed by atoms with E-state index >= 15 is 0 Å². The van der Waals surface area contributed by atoms with E-state index in [9.17, 15) is 0 Å². The maximum atomic E-state index is 5.45. The van der Waals surface area contributed by atoms with E-state index in [1.165, 1.54) is 0 Å². The summed E-state index contributed by atoms with van der Waals surface area (Å²) in [4.78, 5) is 4.22. The van der Waals surface area contributed by atoms with Crippen LogP contribution in [0, 0.1) is 0 Å². The van der Waals surface area contributed by atoms with Gasteiger partial charge in [0.25, 0.3) is 6.02 Å². The van der Waals surface area contributed by atoms with Crippen molar-refractivity contribution in [2.24, 2.45) is 10.7 Å². The number of amidine groups is 1. The number of nitrogens with zero attached hydrogens (tertiary/aromatic N) is 1. The van der Waals surface area contributed by atoms with Gasteiger partial charge >= 0.3 is 0 Å². The summed E-state index contributed by atoms with van der Waals surface area (Å²) in [5.41, 5.74) is 5.33. The summed E-state index contributed by atoms with van der Waals surface area (Å²) in [5, 5.41) is 0. The van der Waals surface area contributed by atoms with E-state index in [1.54, 1.807) is 0 Å². The second kappa shape index (κ2) is 2.11. The molecule has 2 aliphatic rings. The van der Waals surface area contributed by atoms with Crippen molar-refractivity contribution in [1.82, 2.24) is 0 Å². The number of aliphatic imine (C=N–C) groups is 1. The van der Waals surface area contributed by atoms with Crippen LogP contribution in [-0.4, -0.2) is 30.9 Å². The van der Waals surface area contributed by atoms with Gasteiger partial charge in [-0.15, -0.1) is 0 Å². The van der Waals surface area contributed by atoms with Crippen LogP contribution in [-0.2, 0) is 9.47 Å². The molecule has 0 spiro atoms. The first-order chi connectivity index (χ1) is 5.21. The zero-order valence-corrected chi connectivity index (χ0v) is 6.54. The molecule has 0 aromatic carbocycles. The van der Waals surface area contributed by atoms with E-state index < -0.39 is 0 Å². The molecule has 2 rings (SSSR count). The third-order valence-corrected chi connectivity index (χ3v) is 2.37. The minimum atomic E-state index is -0.123. The van der Waals surface area contributed by atoms with Gasteiger partial charge in [-0.3, -0.25) is 0 Å². The van der Waals surface area contributed by atoms with Gasteiger partial charge in [-0.2, -0.15) is 0 Å². The topological polar surface area (TPSA) is 56.8 Å². The van der Waals surface area contributed by atoms with E-state index in [0.29, 0.717) is 12.6 Å². The lowest BCUT2D eigenvalue weighted by molar-refractivity contribution is 0.0272. The highest BCUT2D eigenvalue weighted by Crippen LogP contribution is 2.31. The number of rotatable bonds is 0. The first-order valence-electron chi connectivity index (χ1n) is 3.80. The largest absolute Gasteiger partial charge is 0.463 e. The van der Waals surface area contributed by atoms with E-state index in [-0.39, 0.29) is 11.6 Å². The van der Waals surface area contributed by atoms with E-state index in [4.69, 9.17) is 15.2 Å². The molecule has 2 atom stereocenters. The molecule has 4 heteroatoms. The Labute approximate surface area is 65.4 Å². The van der Waals surface area contributed by atoms with Gasteiger partial charge in [0.05, 0.1) is 5.54 Å². The van der Waals surface area contributed by atoms with Crippen LogP contribution in [0.1, 0.15) is 13.3 Å². The van der Waals surface area contributed by atoms with E-state index in [2.05, 4.69) is 11.9 Å². The number of hydrogen-bond donors (Lipinski definition) is 1. The fraction of sp³-hybridized carbons (Fsp3) is 0.857. The van der Waals surface area contributed by atoms with Gasteiger partial charge in [0, 0.05) is 6.61 Å². The van der Waals surface area contributed by atoms with Crippen LogP contribution in [0.25, 0.3) is 0 Å². The molecule has 0 aromatic heterocycles. The molecule has 0 aromatic rings. The normalized spacial score (nSPS) is 42.6. The summed E-state index contributed by atoms with van der Waals surface area (Å²) in [6.45, 7) is 3.37. The van der Waals surface area contributed by atoms with Crippen molar-refractivity contribution in [2.45, 2.75) is 25.0 Å². The standard InChI is InChI=1S/C7H12N2O2/c1-7-2-3-10-5(7)4-11-6(8)9-7/h5H,2-4H2,1H3,(H2,8,9)/t5-,7-/m0/s1. The molecule has 0 amide bonds. The lowest BCUT2D eigenvalue weighted by Gasteiger charge is -2.29. The highest BCUT2D eigenvalue weighted by atomic mass is 16.6. The molecular formula is C7H12N2O2. The van der Waals surface area contributed by atoms with Crippen molar-refractivity contribution in [3.8, 4) is 0 Å². The number of nitrogens with two attached hydrogens (primary N) is 1. The Morgan fingerprint density at radius 3 is 3.36 bits per heavy atom. The van der Waals surface area contributed by atoms with Crippen LogP contribution in [0.2, 0.25) is 0 Å². The van der Waals surface area contributed by atoms with Gasteiger partial charge in [0.15, 0.2) is 0 Å². The Morgan fingerprint density at radius 1 is 1.73 bits per heavy atom. The van der Waals surface area contributed by atoms with Crippen LogP contribution in [0.4, 0.5) is 0 Å². The Kier molecular flexibility index (Phi) is 1.32. The lowest BCUT2D eigenvalue weighted by atomic mass is 9.94. The highest BCUT2D eigenvalue weighted by Gasteiger charge is 2.43. The molecular weight excluding hydrogens is 144 g/mol. The molecule has 0 aliphatic carbocycles. The van der Waals surface area contributed by atoms with Gasteiger partial charge in [-0.05, 0) is 13.3 Å². The summed E-state index contributed by atoms with van der Waals surface area (Å²) in [6.07, 6.45) is 1.05. The van der Waals surface area contributed by atoms with Crippen LogP contribution in [0.15, 0.2) is 4.99 Å². The summed E-state index contributed by atoms with van der Waals surface area (Å²) in [7, 11) is 0. The Bertz CT molecular complexity index is 205.